The molecule has 1 atom stereocenters. The second-order valence-electron chi connectivity index (χ2n) is 6.05. The highest BCUT2D eigenvalue weighted by atomic mass is 127. The quantitative estimate of drug-likeness (QED) is 0.262. The zero-order valence-corrected chi connectivity index (χ0v) is 17.3. The lowest BCUT2D eigenvalue weighted by Crippen LogP contribution is -2.44. The van der Waals surface area contributed by atoms with Crippen LogP contribution in [0.4, 0.5) is 0 Å². The third-order valence-electron chi connectivity index (χ3n) is 4.12. The van der Waals surface area contributed by atoms with Crippen LogP contribution in [0.2, 0.25) is 0 Å². The van der Waals surface area contributed by atoms with E-state index in [-0.39, 0.29) is 41.5 Å². The number of aromatic nitrogens is 2. The first-order valence-corrected chi connectivity index (χ1v) is 9.99. The number of para-hydroxylation sites is 2. The van der Waals surface area contributed by atoms with Crippen molar-refractivity contribution >= 4 is 50.8 Å². The van der Waals surface area contributed by atoms with Gasteiger partial charge in [0.05, 0.1) is 22.5 Å². The fourth-order valence-electron chi connectivity index (χ4n) is 2.88. The molecule has 1 fully saturated rings. The van der Waals surface area contributed by atoms with Crippen molar-refractivity contribution in [3.63, 3.8) is 0 Å². The number of halogens is 1. The van der Waals surface area contributed by atoms with Crippen molar-refractivity contribution in [2.45, 2.75) is 25.3 Å². The van der Waals surface area contributed by atoms with Crippen LogP contribution >= 0.6 is 24.0 Å². The molecule has 1 aliphatic heterocycles. The summed E-state index contributed by atoms with van der Waals surface area (Å²) in [6.07, 6.45) is 2.39. The van der Waals surface area contributed by atoms with Gasteiger partial charge >= 0.3 is 0 Å². The molecule has 1 aliphatic rings. The Hall–Kier alpha value is -1.36. The summed E-state index contributed by atoms with van der Waals surface area (Å²) < 4.78 is 23.0. The molecule has 0 aliphatic carbocycles. The SMILES string of the molecule is CN=C(NCCCc1nc2ccccc2[nH]1)NC1CCS(=O)(=O)C1.I. The van der Waals surface area contributed by atoms with Crippen molar-refractivity contribution in [2.75, 3.05) is 25.1 Å². The maximum Gasteiger partial charge on any atom is 0.191 e. The van der Waals surface area contributed by atoms with E-state index in [0.29, 0.717) is 12.4 Å². The van der Waals surface area contributed by atoms with Crippen LogP contribution in [0.5, 0.6) is 0 Å². The summed E-state index contributed by atoms with van der Waals surface area (Å²) in [7, 11) is -1.19. The number of hydrogen-bond acceptors (Lipinski definition) is 4. The van der Waals surface area contributed by atoms with Crippen molar-refractivity contribution in [2.24, 2.45) is 4.99 Å². The predicted molar refractivity (Wildman–Crippen MR) is 111 cm³/mol. The Morgan fingerprint density at radius 2 is 2.20 bits per heavy atom. The molecular weight excluding hydrogens is 453 g/mol. The summed E-state index contributed by atoms with van der Waals surface area (Å²) in [6, 6.07) is 7.94. The highest BCUT2D eigenvalue weighted by Crippen LogP contribution is 2.12. The first-order chi connectivity index (χ1) is 11.6. The molecule has 2 aromatic rings. The Bertz CT molecular complexity index is 801. The Morgan fingerprint density at radius 1 is 1.40 bits per heavy atom. The highest BCUT2D eigenvalue weighted by Gasteiger charge is 2.28. The van der Waals surface area contributed by atoms with Gasteiger partial charge in [-0.15, -0.1) is 24.0 Å². The molecule has 1 aromatic heterocycles. The second kappa shape index (κ2) is 8.84. The largest absolute Gasteiger partial charge is 0.356 e. The zero-order chi connectivity index (χ0) is 17.0. The van der Waals surface area contributed by atoms with Crippen molar-refractivity contribution in [1.29, 1.82) is 0 Å². The van der Waals surface area contributed by atoms with Crippen LogP contribution in [0.15, 0.2) is 29.3 Å². The van der Waals surface area contributed by atoms with Crippen LogP contribution in [0.3, 0.4) is 0 Å². The molecule has 1 aromatic carbocycles. The third kappa shape index (κ3) is 5.56. The van der Waals surface area contributed by atoms with E-state index >= 15 is 0 Å². The van der Waals surface area contributed by atoms with Crippen LogP contribution in [0.1, 0.15) is 18.7 Å². The van der Waals surface area contributed by atoms with E-state index in [2.05, 4.69) is 25.6 Å². The minimum absolute atomic E-state index is 0. The average molecular weight is 477 g/mol. The van der Waals surface area contributed by atoms with E-state index in [1.54, 1.807) is 7.05 Å². The van der Waals surface area contributed by atoms with Crippen LogP contribution < -0.4 is 10.6 Å². The molecule has 0 amide bonds. The molecule has 1 unspecified atom stereocenters. The number of aromatic amines is 1. The van der Waals surface area contributed by atoms with Gasteiger partial charge in [-0.25, -0.2) is 13.4 Å². The number of fused-ring (bicyclic) bond motifs is 1. The van der Waals surface area contributed by atoms with Gasteiger partial charge < -0.3 is 15.6 Å². The number of hydrogen-bond donors (Lipinski definition) is 3. The van der Waals surface area contributed by atoms with E-state index in [1.807, 2.05) is 24.3 Å². The minimum Gasteiger partial charge on any atom is -0.356 e. The standard InChI is InChI=1S/C16H23N5O2S.HI/c1-17-16(19-12-8-10-24(22,23)11-12)18-9-4-7-15-20-13-5-2-3-6-14(13)21-15;/h2-3,5-6,12H,4,7-11H2,1H3,(H,20,21)(H2,17,18,19);1H. The summed E-state index contributed by atoms with van der Waals surface area (Å²) in [5, 5.41) is 6.41. The molecule has 9 heteroatoms. The molecule has 0 spiro atoms. The Kier molecular flexibility index (Phi) is 7.05. The summed E-state index contributed by atoms with van der Waals surface area (Å²) in [5.41, 5.74) is 2.04. The van der Waals surface area contributed by atoms with Crippen molar-refractivity contribution in [1.82, 2.24) is 20.6 Å². The maximum absolute atomic E-state index is 11.5. The summed E-state index contributed by atoms with van der Waals surface area (Å²) in [5.74, 6) is 2.07. The fraction of sp³-hybridized carbons (Fsp3) is 0.500. The van der Waals surface area contributed by atoms with E-state index < -0.39 is 9.84 Å². The van der Waals surface area contributed by atoms with Gasteiger partial charge in [-0.3, -0.25) is 4.99 Å². The van der Waals surface area contributed by atoms with Gasteiger partial charge in [-0.2, -0.15) is 0 Å². The Morgan fingerprint density at radius 3 is 2.88 bits per heavy atom. The van der Waals surface area contributed by atoms with Crippen molar-refractivity contribution in [3.05, 3.63) is 30.1 Å². The monoisotopic (exact) mass is 477 g/mol. The first-order valence-electron chi connectivity index (χ1n) is 8.17. The minimum atomic E-state index is -2.88. The lowest BCUT2D eigenvalue weighted by Gasteiger charge is -2.15. The van der Waals surface area contributed by atoms with E-state index in [4.69, 9.17) is 0 Å². The number of H-pyrrole nitrogens is 1. The van der Waals surface area contributed by atoms with Crippen LogP contribution in [-0.2, 0) is 16.3 Å². The number of rotatable bonds is 5. The lowest BCUT2D eigenvalue weighted by molar-refractivity contribution is 0.599. The van der Waals surface area contributed by atoms with E-state index in [9.17, 15) is 8.42 Å². The highest BCUT2D eigenvalue weighted by molar-refractivity contribution is 14.0. The number of imidazole rings is 1. The summed E-state index contributed by atoms with van der Waals surface area (Å²) in [4.78, 5) is 12.0. The number of benzene rings is 1. The lowest BCUT2D eigenvalue weighted by atomic mass is 10.2. The number of guanidine groups is 1. The van der Waals surface area contributed by atoms with Crippen LogP contribution in [0, 0.1) is 0 Å². The first kappa shape index (κ1) is 20.0. The summed E-state index contributed by atoms with van der Waals surface area (Å²) >= 11 is 0. The van der Waals surface area contributed by atoms with Crippen LogP contribution in [-0.4, -0.2) is 55.5 Å². The van der Waals surface area contributed by atoms with Gasteiger partial charge in [0.25, 0.3) is 0 Å². The molecule has 0 radical (unpaired) electrons. The normalized spacial score (nSPS) is 19.6. The van der Waals surface area contributed by atoms with Gasteiger partial charge in [-0.05, 0) is 25.0 Å². The number of nitrogens with zero attached hydrogens (tertiary/aromatic N) is 2. The molecule has 0 saturated carbocycles. The molecule has 3 N–H and O–H groups in total. The fourth-order valence-corrected chi connectivity index (χ4v) is 4.56. The number of nitrogens with one attached hydrogen (secondary N) is 3. The zero-order valence-electron chi connectivity index (χ0n) is 14.2. The molecule has 1 saturated heterocycles. The smallest absolute Gasteiger partial charge is 0.191 e. The summed E-state index contributed by atoms with van der Waals surface area (Å²) in [6.45, 7) is 0.746. The molecule has 2 heterocycles. The third-order valence-corrected chi connectivity index (χ3v) is 5.89. The molecular formula is C16H24IN5O2S. The second-order valence-corrected chi connectivity index (χ2v) is 8.28. The molecule has 25 heavy (non-hydrogen) atoms. The van der Waals surface area contributed by atoms with Gasteiger partial charge in [0.1, 0.15) is 5.82 Å². The van der Waals surface area contributed by atoms with Gasteiger partial charge in [0.15, 0.2) is 15.8 Å². The Balaban J connectivity index is 0.00000225. The topological polar surface area (TPSA) is 99.2 Å². The number of aliphatic imine (C=N–C) groups is 1. The molecule has 0 bridgehead atoms. The number of aryl methyl sites for hydroxylation is 1. The van der Waals surface area contributed by atoms with Gasteiger partial charge in [-0.1, -0.05) is 12.1 Å². The van der Waals surface area contributed by atoms with Gasteiger partial charge in [0, 0.05) is 26.1 Å². The van der Waals surface area contributed by atoms with E-state index in [1.165, 1.54) is 0 Å². The molecule has 3 rings (SSSR count). The predicted octanol–water partition coefficient (Wildman–Crippen LogP) is 1.47. The maximum atomic E-state index is 11.5. The number of sulfone groups is 1. The Labute approximate surface area is 165 Å². The molecule has 138 valence electrons. The van der Waals surface area contributed by atoms with E-state index in [0.717, 1.165) is 36.2 Å². The van der Waals surface area contributed by atoms with Gasteiger partial charge in [0.2, 0.25) is 0 Å². The average Bonchev–Trinajstić information content (AvgIpc) is 3.12. The van der Waals surface area contributed by atoms with Crippen molar-refractivity contribution < 1.29 is 8.42 Å². The van der Waals surface area contributed by atoms with Crippen LogP contribution in [0.25, 0.3) is 11.0 Å². The van der Waals surface area contributed by atoms with Crippen molar-refractivity contribution in [3.8, 4) is 0 Å². The molecule has 7 nitrogen and oxygen atoms in total.